The second-order valence-corrected chi connectivity index (χ2v) is 8.25. The molecule has 0 radical (unpaired) electrons. The Kier molecular flexibility index (Phi) is 4.02. The fourth-order valence-corrected chi connectivity index (χ4v) is 3.70. The van der Waals surface area contributed by atoms with E-state index in [4.69, 9.17) is 0 Å². The third-order valence-electron chi connectivity index (χ3n) is 3.14. The van der Waals surface area contributed by atoms with Crippen LogP contribution in [0.4, 0.5) is 0 Å². The highest BCUT2D eigenvalue weighted by Crippen LogP contribution is 2.47. The minimum atomic E-state index is 0.268. The summed E-state index contributed by atoms with van der Waals surface area (Å²) in [5, 5.41) is 0. The Balaban J connectivity index is 2.18. The minimum absolute atomic E-state index is 0.268. The van der Waals surface area contributed by atoms with Gasteiger partial charge in [0, 0.05) is 22.7 Å². The molecule has 1 aromatic heterocycles. The van der Waals surface area contributed by atoms with Gasteiger partial charge in [0.1, 0.15) is 0 Å². The van der Waals surface area contributed by atoms with Crippen molar-refractivity contribution in [1.29, 1.82) is 0 Å². The maximum atomic E-state index is 4.31. The molecule has 1 aliphatic rings. The fraction of sp³-hybridized carbons (Fsp3) is 0.667. The number of hydrogen-bond donors (Lipinski definition) is 0. The molecule has 1 aliphatic carbocycles. The van der Waals surface area contributed by atoms with E-state index < -0.39 is 0 Å². The van der Waals surface area contributed by atoms with Crippen molar-refractivity contribution in [1.82, 2.24) is 9.29 Å². The summed E-state index contributed by atoms with van der Waals surface area (Å²) in [5.74, 6) is 0.826. The lowest BCUT2D eigenvalue weighted by Gasteiger charge is -2.32. The number of pyridine rings is 1. The van der Waals surface area contributed by atoms with Crippen LogP contribution in [0, 0.1) is 12.8 Å². The van der Waals surface area contributed by atoms with Crippen LogP contribution in [0.25, 0.3) is 0 Å². The summed E-state index contributed by atoms with van der Waals surface area (Å²) in [5.41, 5.74) is 2.54. The SMILES string of the molecule is Cc1cc(C(C2CC2)N(C)SC(C)(C)C)ccn1. The first-order valence-corrected chi connectivity index (χ1v) is 7.49. The van der Waals surface area contributed by atoms with E-state index in [0.29, 0.717) is 6.04 Å². The van der Waals surface area contributed by atoms with Gasteiger partial charge in [0.25, 0.3) is 0 Å². The molecule has 0 amide bonds. The Morgan fingerprint density at radius 1 is 1.39 bits per heavy atom. The van der Waals surface area contributed by atoms with Crippen LogP contribution in [0.15, 0.2) is 18.3 Å². The van der Waals surface area contributed by atoms with Crippen molar-refractivity contribution in [3.05, 3.63) is 29.6 Å². The molecule has 0 aromatic carbocycles. The van der Waals surface area contributed by atoms with Gasteiger partial charge in [0.05, 0.1) is 0 Å². The molecular formula is C15H24N2S. The molecule has 0 N–H and O–H groups in total. The van der Waals surface area contributed by atoms with E-state index in [1.165, 1.54) is 18.4 Å². The zero-order valence-electron chi connectivity index (χ0n) is 12.1. The normalized spacial score (nSPS) is 18.1. The van der Waals surface area contributed by atoms with E-state index in [1.54, 1.807) is 0 Å². The molecule has 18 heavy (non-hydrogen) atoms. The predicted octanol–water partition coefficient (Wildman–Crippen LogP) is 4.22. The zero-order valence-corrected chi connectivity index (χ0v) is 12.9. The summed E-state index contributed by atoms with van der Waals surface area (Å²) in [4.78, 5) is 4.31. The Bertz CT molecular complexity index is 407. The van der Waals surface area contributed by atoms with Crippen molar-refractivity contribution in [3.63, 3.8) is 0 Å². The summed E-state index contributed by atoms with van der Waals surface area (Å²) in [6.45, 7) is 8.89. The van der Waals surface area contributed by atoms with Crippen LogP contribution in [0.3, 0.4) is 0 Å². The molecule has 0 aliphatic heterocycles. The van der Waals surface area contributed by atoms with E-state index in [2.05, 4.69) is 56.2 Å². The van der Waals surface area contributed by atoms with Gasteiger partial charge in [-0.2, -0.15) is 0 Å². The van der Waals surface area contributed by atoms with E-state index in [9.17, 15) is 0 Å². The van der Waals surface area contributed by atoms with Crippen molar-refractivity contribution < 1.29 is 0 Å². The highest BCUT2D eigenvalue weighted by atomic mass is 32.2. The average molecular weight is 264 g/mol. The van der Waals surface area contributed by atoms with Gasteiger partial charge < -0.3 is 0 Å². The van der Waals surface area contributed by atoms with Crippen LogP contribution in [0.1, 0.15) is 50.9 Å². The lowest BCUT2D eigenvalue weighted by molar-refractivity contribution is 0.372. The van der Waals surface area contributed by atoms with E-state index in [-0.39, 0.29) is 4.75 Å². The number of aromatic nitrogens is 1. The van der Waals surface area contributed by atoms with Gasteiger partial charge in [-0.25, -0.2) is 4.31 Å². The topological polar surface area (TPSA) is 16.1 Å². The van der Waals surface area contributed by atoms with Gasteiger partial charge in [-0.05, 0) is 71.2 Å². The van der Waals surface area contributed by atoms with Gasteiger partial charge in [-0.3, -0.25) is 4.98 Å². The van der Waals surface area contributed by atoms with Crippen LogP contribution < -0.4 is 0 Å². The highest BCUT2D eigenvalue weighted by molar-refractivity contribution is 7.98. The van der Waals surface area contributed by atoms with Gasteiger partial charge in [-0.15, -0.1) is 0 Å². The molecule has 0 saturated heterocycles. The van der Waals surface area contributed by atoms with Gasteiger partial charge in [0.2, 0.25) is 0 Å². The first-order valence-electron chi connectivity index (χ1n) is 6.71. The van der Waals surface area contributed by atoms with Crippen LogP contribution in [0.5, 0.6) is 0 Å². The van der Waals surface area contributed by atoms with Crippen molar-refractivity contribution >= 4 is 11.9 Å². The number of aryl methyl sites for hydroxylation is 1. The summed E-state index contributed by atoms with van der Waals surface area (Å²) in [6.07, 6.45) is 4.66. The smallest absolute Gasteiger partial charge is 0.0478 e. The molecule has 100 valence electrons. The van der Waals surface area contributed by atoms with Gasteiger partial charge in [0.15, 0.2) is 0 Å². The van der Waals surface area contributed by atoms with Crippen molar-refractivity contribution in [2.75, 3.05) is 7.05 Å². The number of rotatable bonds is 4. The molecule has 2 rings (SSSR count). The lowest BCUT2D eigenvalue weighted by Crippen LogP contribution is -2.25. The van der Waals surface area contributed by atoms with E-state index in [1.807, 2.05) is 18.1 Å². The first kappa shape index (κ1) is 13.9. The van der Waals surface area contributed by atoms with Crippen LogP contribution in [-0.4, -0.2) is 21.1 Å². The largest absolute Gasteiger partial charge is 0.262 e. The van der Waals surface area contributed by atoms with Crippen LogP contribution in [-0.2, 0) is 0 Å². The molecule has 2 nitrogen and oxygen atoms in total. The summed E-state index contributed by atoms with van der Waals surface area (Å²) in [7, 11) is 2.23. The molecular weight excluding hydrogens is 240 g/mol. The summed E-state index contributed by atoms with van der Waals surface area (Å²) >= 11 is 1.95. The van der Waals surface area contributed by atoms with E-state index in [0.717, 1.165) is 11.6 Å². The lowest BCUT2D eigenvalue weighted by atomic mass is 10.0. The number of hydrogen-bond acceptors (Lipinski definition) is 3. The number of nitrogens with zero attached hydrogens (tertiary/aromatic N) is 2. The Hall–Kier alpha value is -0.540. The van der Waals surface area contributed by atoms with Gasteiger partial charge in [-0.1, -0.05) is 11.9 Å². The van der Waals surface area contributed by atoms with Crippen molar-refractivity contribution in [3.8, 4) is 0 Å². The zero-order chi connectivity index (χ0) is 13.3. The van der Waals surface area contributed by atoms with Crippen molar-refractivity contribution in [2.45, 2.75) is 51.3 Å². The predicted molar refractivity (Wildman–Crippen MR) is 79.5 cm³/mol. The maximum absolute atomic E-state index is 4.31. The molecule has 1 heterocycles. The third-order valence-corrected chi connectivity index (χ3v) is 4.20. The monoisotopic (exact) mass is 264 g/mol. The molecule has 0 bridgehead atoms. The summed E-state index contributed by atoms with van der Waals surface area (Å²) < 4.78 is 2.72. The second-order valence-electron chi connectivity index (χ2n) is 6.26. The molecule has 1 saturated carbocycles. The molecule has 1 fully saturated rings. The Morgan fingerprint density at radius 3 is 2.56 bits per heavy atom. The molecule has 0 spiro atoms. The van der Waals surface area contributed by atoms with Crippen molar-refractivity contribution in [2.24, 2.45) is 5.92 Å². The second kappa shape index (κ2) is 5.22. The van der Waals surface area contributed by atoms with Crippen LogP contribution in [0.2, 0.25) is 0 Å². The highest BCUT2D eigenvalue weighted by Gasteiger charge is 2.36. The van der Waals surface area contributed by atoms with Gasteiger partial charge >= 0.3 is 0 Å². The summed E-state index contributed by atoms with van der Waals surface area (Å²) in [6, 6.07) is 4.95. The van der Waals surface area contributed by atoms with E-state index >= 15 is 0 Å². The fourth-order valence-electron chi connectivity index (χ4n) is 2.43. The average Bonchev–Trinajstić information content (AvgIpc) is 2.99. The molecule has 3 heteroatoms. The Labute approximate surface area is 115 Å². The third kappa shape index (κ3) is 3.72. The minimum Gasteiger partial charge on any atom is -0.262 e. The standard InChI is InChI=1S/C15H24N2S/c1-11-10-13(8-9-16-11)14(12-6-7-12)17(5)18-15(2,3)4/h8-10,12,14H,6-7H2,1-5H3. The quantitative estimate of drug-likeness (QED) is 0.757. The maximum Gasteiger partial charge on any atom is 0.0478 e. The van der Waals surface area contributed by atoms with Crippen LogP contribution >= 0.6 is 11.9 Å². The molecule has 1 atom stereocenters. The first-order chi connectivity index (χ1) is 8.37. The Morgan fingerprint density at radius 2 is 2.06 bits per heavy atom. The molecule has 1 aromatic rings. The molecule has 1 unspecified atom stereocenters.